The first-order valence-electron chi connectivity index (χ1n) is 36.7. The molecule has 0 spiro atoms. The molecule has 2 aromatic rings. The van der Waals surface area contributed by atoms with Crippen LogP contribution in [0, 0.1) is 17.8 Å². The number of likely N-dealkylation sites (tertiary alicyclic amines) is 1. The maximum Gasteiger partial charge on any atom is 0.417 e. The number of amides is 12. The molecular weight excluding hydrogens is 1430 g/mol. The Morgan fingerprint density at radius 2 is 1.34 bits per heavy atom. The number of rotatable bonds is 31. The molecule has 2 aromatic carbocycles. The number of carbonyl (C=O) groups excluding carboxylic acids is 12. The smallest absolute Gasteiger partial charge is 0.375 e. The third-order valence-corrected chi connectivity index (χ3v) is 21.4. The minimum atomic E-state index is -4.82. The van der Waals surface area contributed by atoms with Crippen molar-refractivity contribution in [3.63, 3.8) is 0 Å². The Kier molecular flexibility index (Phi) is 32.0. The summed E-state index contributed by atoms with van der Waals surface area (Å²) in [4.78, 5) is 183. The van der Waals surface area contributed by atoms with E-state index in [1.54, 1.807) is 19.1 Å². The highest BCUT2D eigenvalue weighted by Crippen LogP contribution is 2.39. The molecule has 0 unspecified atom stereocenters. The minimum Gasteiger partial charge on any atom is -0.375 e. The molecule has 2 heterocycles. The first kappa shape index (κ1) is 87.6. The predicted molar refractivity (Wildman–Crippen MR) is 386 cm³/mol. The summed E-state index contributed by atoms with van der Waals surface area (Å²) in [6.07, 6.45) is -2.04. The quantitative estimate of drug-likeness (QED) is 0.0469. The van der Waals surface area contributed by atoms with E-state index in [9.17, 15) is 59.9 Å². The summed E-state index contributed by atoms with van der Waals surface area (Å²) in [7, 11) is 11.1. The van der Waals surface area contributed by atoms with Gasteiger partial charge < -0.3 is 65.2 Å². The van der Waals surface area contributed by atoms with E-state index in [0.29, 0.717) is 38.5 Å². The van der Waals surface area contributed by atoms with Gasteiger partial charge in [-0.15, -0.1) is 0 Å². The van der Waals surface area contributed by atoms with Gasteiger partial charge in [-0.25, -0.2) is 0 Å². The van der Waals surface area contributed by atoms with Crippen molar-refractivity contribution in [1.82, 2.24) is 60.5 Å². The number of aryl methyl sites for hydroxylation is 1. The van der Waals surface area contributed by atoms with Gasteiger partial charge in [0, 0.05) is 82.3 Å². The zero-order valence-electron chi connectivity index (χ0n) is 63.5. The fourth-order valence-corrected chi connectivity index (χ4v) is 14.7. The van der Waals surface area contributed by atoms with Crippen molar-refractivity contribution in [2.24, 2.45) is 17.8 Å². The maximum atomic E-state index is 15.4. The summed E-state index contributed by atoms with van der Waals surface area (Å²) in [6.45, 7) is 5.38. The lowest BCUT2D eigenvalue weighted by molar-refractivity contribution is -0.155. The van der Waals surface area contributed by atoms with Crippen LogP contribution in [0.2, 0.25) is 5.02 Å². The van der Waals surface area contributed by atoms with Gasteiger partial charge in [-0.2, -0.15) is 26.3 Å². The fraction of sp³-hybridized carbons (Fsp3) is 0.653. The molecular formula is C75H107ClF6N12O13. The SMILES string of the molecule is CC[C@H](C)[C@H](NC(=O)CCC(C)C)C(=O)N(C)CC(=O)N(C)[C@H]1COC/C=C\CCN([C@@H](Cc2ccc(C(F)(F)F)cc2)C(=O)N(C)CC(=O)N[C@@H](CCc2ccc(C(F)(F)F)c(Cl)c2)C(=O)N2CCC[C@H]2C(=O)NC2(C(=O)N(C)[C@H](C(=O)N(C)[C@@H](CC(=O)NC)C(=O)N(C)C)C3CCCC3)CCCC2)C1=O. The average Bonchev–Trinajstić information content (AvgIpc) is 1.68. The van der Waals surface area contributed by atoms with Gasteiger partial charge in [0.05, 0.1) is 48.9 Å². The first-order chi connectivity index (χ1) is 50.3. The highest BCUT2D eigenvalue weighted by atomic mass is 35.5. The fourth-order valence-electron chi connectivity index (χ4n) is 14.4. The zero-order valence-corrected chi connectivity index (χ0v) is 64.2. The van der Waals surface area contributed by atoms with Gasteiger partial charge in [0.25, 0.3) is 0 Å². The second kappa shape index (κ2) is 39.1. The number of ether oxygens (including phenoxy) is 1. The van der Waals surface area contributed by atoms with Gasteiger partial charge in [-0.1, -0.05) is 102 Å². The van der Waals surface area contributed by atoms with E-state index >= 15 is 24.0 Å². The summed E-state index contributed by atoms with van der Waals surface area (Å²) in [5, 5.41) is 10.3. The van der Waals surface area contributed by atoms with Crippen LogP contribution in [-0.4, -0.2) is 254 Å². The topological polar surface area (TPSA) is 288 Å². The Balaban J connectivity index is 1.30. The molecule has 0 radical (unpaired) electrons. The van der Waals surface area contributed by atoms with Crippen LogP contribution in [0.1, 0.15) is 153 Å². The highest BCUT2D eigenvalue weighted by molar-refractivity contribution is 6.31. The third-order valence-electron chi connectivity index (χ3n) is 21.0. The molecule has 4 aliphatic rings. The number of hydrogen-bond acceptors (Lipinski definition) is 13. The van der Waals surface area contributed by atoms with Crippen LogP contribution in [-0.2, 0) is 87.5 Å². The second-order valence-corrected chi connectivity index (χ2v) is 29.8. The van der Waals surface area contributed by atoms with E-state index in [2.05, 4.69) is 21.3 Å². The molecule has 25 nitrogen and oxygen atoms in total. The number of nitrogens with one attached hydrogen (secondary N) is 4. The predicted octanol–water partition coefficient (Wildman–Crippen LogP) is 6.41. The third kappa shape index (κ3) is 23.3. The van der Waals surface area contributed by atoms with Crippen molar-refractivity contribution in [3.8, 4) is 0 Å². The molecule has 2 saturated carbocycles. The van der Waals surface area contributed by atoms with Crippen LogP contribution in [0.25, 0.3) is 0 Å². The molecule has 32 heteroatoms. The minimum absolute atomic E-state index is 0.00589. The number of nitrogens with zero attached hydrogens (tertiary/aromatic N) is 8. The molecule has 3 fully saturated rings. The number of benzene rings is 2. The van der Waals surface area contributed by atoms with E-state index in [4.69, 9.17) is 16.3 Å². The van der Waals surface area contributed by atoms with Crippen molar-refractivity contribution in [2.45, 2.75) is 203 Å². The van der Waals surface area contributed by atoms with Crippen LogP contribution in [0.4, 0.5) is 26.3 Å². The van der Waals surface area contributed by atoms with Crippen LogP contribution in [0.3, 0.4) is 0 Å². The molecule has 8 atom stereocenters. The van der Waals surface area contributed by atoms with E-state index in [0.717, 1.165) is 74.9 Å². The molecule has 2 aliphatic carbocycles. The van der Waals surface area contributed by atoms with Gasteiger partial charge in [0.15, 0.2) is 0 Å². The van der Waals surface area contributed by atoms with Crippen LogP contribution >= 0.6 is 11.6 Å². The Morgan fingerprint density at radius 3 is 1.93 bits per heavy atom. The van der Waals surface area contributed by atoms with Gasteiger partial charge in [-0.3, -0.25) is 57.5 Å². The number of alkyl halides is 6. The zero-order chi connectivity index (χ0) is 79.6. The van der Waals surface area contributed by atoms with Gasteiger partial charge in [0.2, 0.25) is 70.9 Å². The Hall–Kier alpha value is -8.35. The van der Waals surface area contributed by atoms with Crippen molar-refractivity contribution in [2.75, 3.05) is 95.8 Å². The first-order valence-corrected chi connectivity index (χ1v) is 37.1. The summed E-state index contributed by atoms with van der Waals surface area (Å²) >= 11 is 6.15. The van der Waals surface area contributed by atoms with E-state index in [-0.39, 0.29) is 112 Å². The van der Waals surface area contributed by atoms with Crippen LogP contribution < -0.4 is 21.3 Å². The van der Waals surface area contributed by atoms with E-state index in [1.165, 1.54) is 76.0 Å². The summed E-state index contributed by atoms with van der Waals surface area (Å²) < 4.78 is 89.6. The monoisotopic (exact) mass is 1530 g/mol. The molecule has 6 rings (SSSR count). The van der Waals surface area contributed by atoms with E-state index < -0.39 is 167 Å². The number of likely N-dealkylation sites (N-methyl/N-ethyl adjacent to an activating group) is 6. The number of hydrogen-bond donors (Lipinski definition) is 4. The average molecular weight is 1530 g/mol. The lowest BCUT2D eigenvalue weighted by Gasteiger charge is -2.41. The number of carbonyl (C=O) groups is 12. The second-order valence-electron chi connectivity index (χ2n) is 29.4. The summed E-state index contributed by atoms with van der Waals surface area (Å²) in [5.41, 5.74) is -3.38. The lowest BCUT2D eigenvalue weighted by atomic mass is 9.90. The molecule has 0 aromatic heterocycles. The summed E-state index contributed by atoms with van der Waals surface area (Å²) in [5.74, 6) is -8.68. The van der Waals surface area contributed by atoms with Gasteiger partial charge in [0.1, 0.15) is 47.8 Å². The lowest BCUT2D eigenvalue weighted by Crippen LogP contribution is -2.65. The van der Waals surface area contributed by atoms with Gasteiger partial charge >= 0.3 is 12.4 Å². The molecule has 12 amide bonds. The van der Waals surface area contributed by atoms with Crippen molar-refractivity contribution < 1.29 is 88.6 Å². The normalized spacial score (nSPS) is 19.1. The van der Waals surface area contributed by atoms with Crippen molar-refractivity contribution in [1.29, 1.82) is 0 Å². The maximum absolute atomic E-state index is 15.4. The van der Waals surface area contributed by atoms with Crippen molar-refractivity contribution in [3.05, 3.63) is 81.9 Å². The molecule has 2 aliphatic heterocycles. The van der Waals surface area contributed by atoms with Crippen molar-refractivity contribution >= 4 is 82.5 Å². The summed E-state index contributed by atoms with van der Waals surface area (Å²) in [6, 6.07) is -2.49. The molecule has 0 bridgehead atoms. The molecule has 4 N–H and O–H groups in total. The van der Waals surface area contributed by atoms with Gasteiger partial charge in [-0.05, 0) is 117 Å². The molecule has 594 valence electrons. The molecule has 107 heavy (non-hydrogen) atoms. The number of halogens is 7. The Bertz CT molecular complexity index is 3510. The highest BCUT2D eigenvalue weighted by Gasteiger charge is 2.51. The Morgan fingerprint density at radius 1 is 0.701 bits per heavy atom. The standard InChI is InChI=1S/C75H107ClF6N12O13/c1-13-47(4)63(85-59(95)34-25-46(2)3)70(104)89(9)44-62(98)90(10)58-45-107-39-20-14-19-37-94(69(58)103)57(41-49-26-30-51(31-27-49)74(77,78)79)68(102)88(8)43-61(97)84-54(33-29-48-28-32-52(53(76)40-48)75(80,81)82)66(100)93-38-21-24-55(93)65(99)86-73(35-17-18-36-73)72(106)92(12)64(50-22-15-16-23-50)71(105)91(11)56(42-60(96)83-5)67(101)87(6)7/h14,20,26-28,30-32,40,46-47,50,54-58,63-64H,13,15-19,21-25,29,33-39,41-45H2,1-12H3,(H,83,96)(H,84,97)(H,85,95)(H,86,99)/b20-14-/t47-,54-,55-,56-,57-,58-,63-,64-/m0/s1. The molecule has 1 saturated heterocycles. The van der Waals surface area contributed by atoms with E-state index in [1.807, 2.05) is 20.8 Å². The Labute approximate surface area is 627 Å². The van der Waals surface area contributed by atoms with Crippen LogP contribution in [0.15, 0.2) is 54.6 Å². The largest absolute Gasteiger partial charge is 0.417 e. The van der Waals surface area contributed by atoms with Crippen LogP contribution in [0.5, 0.6) is 0 Å².